The van der Waals surface area contributed by atoms with Crippen LogP contribution in [0.2, 0.25) is 0 Å². The third-order valence-electron chi connectivity index (χ3n) is 4.49. The summed E-state index contributed by atoms with van der Waals surface area (Å²) in [4.78, 5) is 16.3. The molecule has 0 bridgehead atoms. The average Bonchev–Trinajstić information content (AvgIpc) is 2.76. The van der Waals surface area contributed by atoms with Gasteiger partial charge in [0.1, 0.15) is 0 Å². The summed E-state index contributed by atoms with van der Waals surface area (Å²) < 4.78 is 37.8. The van der Waals surface area contributed by atoms with E-state index in [1.807, 2.05) is 0 Å². The first kappa shape index (κ1) is 15.9. The van der Waals surface area contributed by atoms with E-state index in [1.54, 1.807) is 4.90 Å². The minimum absolute atomic E-state index is 0.0195. The molecule has 2 rings (SSSR count). The van der Waals surface area contributed by atoms with Gasteiger partial charge in [-0.3, -0.25) is 4.79 Å². The largest absolute Gasteiger partial charge is 0.391 e. The molecule has 118 valence electrons. The van der Waals surface area contributed by atoms with Crippen LogP contribution in [-0.4, -0.2) is 36.6 Å². The molecule has 2 aliphatic rings. The highest BCUT2D eigenvalue weighted by molar-refractivity contribution is 5.78. The van der Waals surface area contributed by atoms with Crippen molar-refractivity contribution in [2.24, 2.45) is 22.9 Å². The Labute approximate surface area is 121 Å². The van der Waals surface area contributed by atoms with Gasteiger partial charge in [-0.1, -0.05) is 5.11 Å². The summed E-state index contributed by atoms with van der Waals surface area (Å²) in [5, 5.41) is 3.48. The molecule has 0 spiro atoms. The van der Waals surface area contributed by atoms with E-state index < -0.39 is 12.1 Å². The van der Waals surface area contributed by atoms with Crippen LogP contribution in [0.3, 0.4) is 0 Å². The van der Waals surface area contributed by atoms with Crippen LogP contribution in [0.25, 0.3) is 10.4 Å². The van der Waals surface area contributed by atoms with Crippen molar-refractivity contribution in [2.75, 3.05) is 19.6 Å². The molecule has 0 aromatic heterocycles. The van der Waals surface area contributed by atoms with Crippen LogP contribution in [0.4, 0.5) is 13.2 Å². The zero-order valence-corrected chi connectivity index (χ0v) is 11.7. The van der Waals surface area contributed by atoms with Crippen LogP contribution in [0, 0.1) is 17.8 Å². The summed E-state index contributed by atoms with van der Waals surface area (Å²) in [5.41, 5.74) is 8.28. The molecule has 1 saturated carbocycles. The van der Waals surface area contributed by atoms with Gasteiger partial charge in [-0.15, -0.1) is 0 Å². The van der Waals surface area contributed by atoms with Gasteiger partial charge in [-0.25, -0.2) is 0 Å². The molecule has 1 aliphatic carbocycles. The molecule has 21 heavy (non-hydrogen) atoms. The first-order chi connectivity index (χ1) is 9.90. The van der Waals surface area contributed by atoms with Gasteiger partial charge in [0.05, 0.1) is 5.92 Å². The van der Waals surface area contributed by atoms with Crippen molar-refractivity contribution in [3.8, 4) is 0 Å². The first-order valence-corrected chi connectivity index (χ1v) is 7.25. The highest BCUT2D eigenvalue weighted by atomic mass is 19.4. The van der Waals surface area contributed by atoms with E-state index in [9.17, 15) is 18.0 Å². The second kappa shape index (κ2) is 6.56. The molecule has 1 atom stereocenters. The molecule has 1 unspecified atom stereocenters. The van der Waals surface area contributed by atoms with Gasteiger partial charge in [-0.05, 0) is 43.1 Å². The number of hydrogen-bond donors (Lipinski definition) is 0. The quantitative estimate of drug-likeness (QED) is 0.445. The Kier molecular flexibility index (Phi) is 4.98. The van der Waals surface area contributed by atoms with Gasteiger partial charge in [0.15, 0.2) is 0 Å². The Hall–Kier alpha value is -1.43. The molecule has 1 saturated heterocycles. The van der Waals surface area contributed by atoms with Crippen molar-refractivity contribution in [1.29, 1.82) is 0 Å². The number of rotatable bonds is 4. The molecule has 1 heterocycles. The number of likely N-dealkylation sites (tertiary alicyclic amines) is 1. The lowest BCUT2D eigenvalue weighted by atomic mass is 9.81. The predicted molar refractivity (Wildman–Crippen MR) is 70.2 cm³/mol. The predicted octanol–water partition coefficient (Wildman–Crippen LogP) is 3.51. The fourth-order valence-corrected chi connectivity index (χ4v) is 3.29. The number of hydrogen-bond acceptors (Lipinski definition) is 2. The Bertz CT molecular complexity index is 426. The molecule has 0 aromatic rings. The lowest BCUT2D eigenvalue weighted by molar-refractivity contribution is -0.184. The fourth-order valence-electron chi connectivity index (χ4n) is 3.29. The highest BCUT2D eigenvalue weighted by Gasteiger charge is 2.42. The van der Waals surface area contributed by atoms with Crippen molar-refractivity contribution < 1.29 is 18.0 Å². The molecule has 1 amide bonds. The number of carbonyl (C=O) groups excluding carboxylic acids is 1. The van der Waals surface area contributed by atoms with E-state index in [-0.39, 0.29) is 30.6 Å². The maximum atomic E-state index is 12.6. The standard InChI is InChI=1S/C13H19F3N4O/c14-13(15,16)11-3-1-9(2-4-11)7-20-8-10(5-12(20)21)6-18-19-17/h9-11H,1-8H2. The summed E-state index contributed by atoms with van der Waals surface area (Å²) in [7, 11) is 0. The van der Waals surface area contributed by atoms with Crippen LogP contribution in [0.15, 0.2) is 5.11 Å². The van der Waals surface area contributed by atoms with Gasteiger partial charge >= 0.3 is 6.18 Å². The summed E-state index contributed by atoms with van der Waals surface area (Å²) in [6.45, 7) is 1.40. The fraction of sp³-hybridized carbons (Fsp3) is 0.923. The minimum Gasteiger partial charge on any atom is -0.342 e. The molecule has 0 N–H and O–H groups in total. The maximum absolute atomic E-state index is 12.6. The number of carbonyl (C=O) groups is 1. The second-order valence-corrected chi connectivity index (χ2v) is 6.04. The van der Waals surface area contributed by atoms with E-state index in [1.165, 1.54) is 0 Å². The second-order valence-electron chi connectivity index (χ2n) is 6.04. The number of amides is 1. The molecule has 0 radical (unpaired) electrons. The Morgan fingerprint density at radius 1 is 1.24 bits per heavy atom. The Morgan fingerprint density at radius 2 is 1.90 bits per heavy atom. The Morgan fingerprint density at radius 3 is 2.48 bits per heavy atom. The zero-order chi connectivity index (χ0) is 15.5. The molecule has 2 fully saturated rings. The SMILES string of the molecule is [N-]=[N+]=NCC1CC(=O)N(CC2CCC(C(F)(F)F)CC2)C1. The first-order valence-electron chi connectivity index (χ1n) is 7.25. The summed E-state index contributed by atoms with van der Waals surface area (Å²) in [6.07, 6.45) is -2.34. The maximum Gasteiger partial charge on any atom is 0.391 e. The number of alkyl halides is 3. The Balaban J connectivity index is 1.78. The van der Waals surface area contributed by atoms with Crippen LogP contribution < -0.4 is 0 Å². The summed E-state index contributed by atoms with van der Waals surface area (Å²) in [6, 6.07) is 0. The molecule has 8 heteroatoms. The lowest BCUT2D eigenvalue weighted by Gasteiger charge is -2.32. The monoisotopic (exact) mass is 304 g/mol. The van der Waals surface area contributed by atoms with Crippen LogP contribution >= 0.6 is 0 Å². The number of azide groups is 1. The van der Waals surface area contributed by atoms with Crippen LogP contribution in [-0.2, 0) is 4.79 Å². The number of nitrogens with zero attached hydrogens (tertiary/aromatic N) is 4. The smallest absolute Gasteiger partial charge is 0.342 e. The molecule has 5 nitrogen and oxygen atoms in total. The van der Waals surface area contributed by atoms with Gasteiger partial charge < -0.3 is 4.90 Å². The van der Waals surface area contributed by atoms with Crippen molar-refractivity contribution in [3.05, 3.63) is 10.4 Å². The third kappa shape index (κ3) is 4.27. The highest BCUT2D eigenvalue weighted by Crippen LogP contribution is 2.40. The van der Waals surface area contributed by atoms with Crippen molar-refractivity contribution in [1.82, 2.24) is 4.90 Å². The topological polar surface area (TPSA) is 69.1 Å². The molecular formula is C13H19F3N4O. The van der Waals surface area contributed by atoms with Gasteiger partial charge in [-0.2, -0.15) is 13.2 Å². The molecular weight excluding hydrogens is 285 g/mol. The minimum atomic E-state index is -4.09. The van der Waals surface area contributed by atoms with Crippen LogP contribution in [0.5, 0.6) is 0 Å². The van der Waals surface area contributed by atoms with E-state index in [0.29, 0.717) is 38.9 Å². The normalized spacial score (nSPS) is 30.3. The van der Waals surface area contributed by atoms with Crippen LogP contribution in [0.1, 0.15) is 32.1 Å². The van der Waals surface area contributed by atoms with E-state index in [2.05, 4.69) is 10.0 Å². The van der Waals surface area contributed by atoms with Gasteiger partial charge in [0.2, 0.25) is 5.91 Å². The lowest BCUT2D eigenvalue weighted by Crippen LogP contribution is -2.35. The van der Waals surface area contributed by atoms with E-state index in [0.717, 1.165) is 0 Å². The average molecular weight is 304 g/mol. The van der Waals surface area contributed by atoms with Gasteiger partial charge in [0, 0.05) is 31.0 Å². The van der Waals surface area contributed by atoms with E-state index >= 15 is 0 Å². The van der Waals surface area contributed by atoms with E-state index in [4.69, 9.17) is 5.53 Å². The zero-order valence-electron chi connectivity index (χ0n) is 11.7. The molecule has 0 aromatic carbocycles. The molecule has 1 aliphatic heterocycles. The van der Waals surface area contributed by atoms with Crippen molar-refractivity contribution in [3.63, 3.8) is 0 Å². The van der Waals surface area contributed by atoms with Crippen molar-refractivity contribution in [2.45, 2.75) is 38.3 Å². The van der Waals surface area contributed by atoms with Crippen molar-refractivity contribution >= 4 is 5.91 Å². The van der Waals surface area contributed by atoms with Gasteiger partial charge in [0.25, 0.3) is 0 Å². The summed E-state index contributed by atoms with van der Waals surface area (Å²) in [5.74, 6) is -0.961. The summed E-state index contributed by atoms with van der Waals surface area (Å²) >= 11 is 0. The third-order valence-corrected chi connectivity index (χ3v) is 4.49. The number of halogens is 3.